The maximum Gasteiger partial charge on any atom is 0.257 e. The first-order chi connectivity index (χ1) is 8.49. The van der Waals surface area contributed by atoms with Gasteiger partial charge in [0.25, 0.3) is 10.0 Å². The fourth-order valence-electron chi connectivity index (χ4n) is 1.47. The van der Waals surface area contributed by atoms with Gasteiger partial charge < -0.3 is 4.98 Å². The van der Waals surface area contributed by atoms with Crippen molar-refractivity contribution >= 4 is 21.6 Å². The Morgan fingerprint density at radius 1 is 1.56 bits per heavy atom. The van der Waals surface area contributed by atoms with Gasteiger partial charge in [-0.3, -0.25) is 0 Å². The van der Waals surface area contributed by atoms with Crippen molar-refractivity contribution in [1.82, 2.24) is 14.7 Å². The van der Waals surface area contributed by atoms with Gasteiger partial charge in [-0.05, 0) is 18.8 Å². The Kier molecular flexibility index (Phi) is 6.11. The Hall–Kier alpha value is -0.590. The van der Waals surface area contributed by atoms with Crippen LogP contribution in [0.15, 0.2) is 11.2 Å². The first-order valence-corrected chi connectivity index (χ1v) is 8.11. The molecule has 104 valence electrons. The predicted octanol–water partition coefficient (Wildman–Crippen LogP) is 1.91. The molecule has 0 aliphatic carbocycles. The summed E-state index contributed by atoms with van der Waals surface area (Å²) in [7, 11) is -3.46. The Balaban J connectivity index is 2.45. The molecule has 0 spiro atoms. The number of halogens is 1. The number of nitrogens with one attached hydrogen (secondary N) is 2. The molecule has 18 heavy (non-hydrogen) atoms. The summed E-state index contributed by atoms with van der Waals surface area (Å²) in [4.78, 5) is 6.76. The average molecular weight is 294 g/mol. The first kappa shape index (κ1) is 15.5. The fourth-order valence-corrected chi connectivity index (χ4v) is 2.64. The number of aryl methyl sites for hydroxylation is 1. The number of alkyl halides is 1. The molecule has 0 saturated carbocycles. The maximum absolute atomic E-state index is 11.9. The molecule has 0 amide bonds. The second-order valence-corrected chi connectivity index (χ2v) is 6.39. The molecule has 1 rings (SSSR count). The Morgan fingerprint density at radius 2 is 2.28 bits per heavy atom. The number of aromatic amines is 1. The van der Waals surface area contributed by atoms with E-state index in [-0.39, 0.29) is 5.03 Å². The number of H-pyrrole nitrogens is 1. The van der Waals surface area contributed by atoms with Crippen molar-refractivity contribution in [1.29, 1.82) is 0 Å². The summed E-state index contributed by atoms with van der Waals surface area (Å²) in [6.45, 7) is 4.38. The van der Waals surface area contributed by atoms with Crippen LogP contribution >= 0.6 is 11.6 Å². The quantitative estimate of drug-likeness (QED) is 0.568. The molecule has 1 atom stereocenters. The van der Waals surface area contributed by atoms with Gasteiger partial charge in [-0.25, -0.2) is 18.1 Å². The lowest BCUT2D eigenvalue weighted by molar-refractivity contribution is 0.542. The molecule has 0 fully saturated rings. The minimum atomic E-state index is -3.46. The van der Waals surface area contributed by atoms with Crippen LogP contribution in [0.2, 0.25) is 0 Å². The van der Waals surface area contributed by atoms with Crippen LogP contribution in [0, 0.1) is 5.92 Å². The van der Waals surface area contributed by atoms with Crippen molar-refractivity contribution in [2.45, 2.75) is 38.1 Å². The molecule has 0 aliphatic heterocycles. The highest BCUT2D eigenvalue weighted by atomic mass is 35.5. The topological polar surface area (TPSA) is 74.8 Å². The van der Waals surface area contributed by atoms with Gasteiger partial charge in [0.1, 0.15) is 5.82 Å². The lowest BCUT2D eigenvalue weighted by atomic mass is 10.1. The van der Waals surface area contributed by atoms with E-state index in [1.165, 1.54) is 6.20 Å². The molecule has 1 heterocycles. The summed E-state index contributed by atoms with van der Waals surface area (Å²) in [6, 6.07) is 0. The van der Waals surface area contributed by atoms with E-state index in [1.807, 2.05) is 13.8 Å². The number of imidazole rings is 1. The van der Waals surface area contributed by atoms with Crippen molar-refractivity contribution in [2.75, 3.05) is 12.4 Å². The molecule has 1 unspecified atom stereocenters. The molecule has 1 aromatic heterocycles. The third-order valence-corrected chi connectivity index (χ3v) is 4.56. The molecule has 5 nitrogen and oxygen atoms in total. The summed E-state index contributed by atoms with van der Waals surface area (Å²) in [5.41, 5.74) is 0. The summed E-state index contributed by atoms with van der Waals surface area (Å²) in [5, 5.41) is 0.129. The summed E-state index contributed by atoms with van der Waals surface area (Å²) < 4.78 is 26.3. The number of nitrogens with zero attached hydrogens (tertiary/aromatic N) is 1. The Bertz CT molecular complexity index is 459. The molecule has 0 radical (unpaired) electrons. The van der Waals surface area contributed by atoms with Gasteiger partial charge in [-0.2, -0.15) is 0 Å². The van der Waals surface area contributed by atoms with Gasteiger partial charge in [0.15, 0.2) is 5.03 Å². The van der Waals surface area contributed by atoms with Crippen LogP contribution in [0.5, 0.6) is 0 Å². The molecule has 0 aliphatic rings. The van der Waals surface area contributed by atoms with Gasteiger partial charge in [-0.15, -0.1) is 11.6 Å². The zero-order valence-electron chi connectivity index (χ0n) is 10.7. The monoisotopic (exact) mass is 293 g/mol. The van der Waals surface area contributed by atoms with E-state index in [0.29, 0.717) is 30.6 Å². The fraction of sp³-hybridized carbons (Fsp3) is 0.727. The van der Waals surface area contributed by atoms with Crippen LogP contribution in [0.4, 0.5) is 0 Å². The first-order valence-electron chi connectivity index (χ1n) is 6.09. The zero-order chi connectivity index (χ0) is 13.6. The third-order valence-electron chi connectivity index (χ3n) is 2.66. The zero-order valence-corrected chi connectivity index (χ0v) is 12.3. The van der Waals surface area contributed by atoms with E-state index < -0.39 is 10.0 Å². The normalized spacial score (nSPS) is 13.7. The van der Waals surface area contributed by atoms with E-state index in [2.05, 4.69) is 14.7 Å². The molecular weight excluding hydrogens is 274 g/mol. The standard InChI is InChI=1S/C11H20ClN3O2S/c1-3-10-13-8-11(15-10)18(16,17)14-6-4-5-9(2)7-12/h8-9,14H,3-7H2,1-2H3,(H,13,15). The number of hydrogen-bond donors (Lipinski definition) is 2. The van der Waals surface area contributed by atoms with E-state index in [9.17, 15) is 8.42 Å². The van der Waals surface area contributed by atoms with Gasteiger partial charge in [-0.1, -0.05) is 13.8 Å². The molecule has 1 aromatic rings. The predicted molar refractivity (Wildman–Crippen MR) is 72.3 cm³/mol. The Labute approximate surface area is 113 Å². The summed E-state index contributed by atoms with van der Waals surface area (Å²) in [5.74, 6) is 1.69. The van der Waals surface area contributed by atoms with Gasteiger partial charge in [0.05, 0.1) is 6.20 Å². The summed E-state index contributed by atoms with van der Waals surface area (Å²) in [6.07, 6.45) is 3.72. The smallest absolute Gasteiger partial charge is 0.257 e. The van der Waals surface area contributed by atoms with E-state index in [0.717, 1.165) is 12.8 Å². The SMILES string of the molecule is CCc1ncc(S(=O)(=O)NCCCC(C)CCl)[nH]1. The van der Waals surface area contributed by atoms with Crippen LogP contribution in [0.25, 0.3) is 0 Å². The second kappa shape index (κ2) is 7.11. The molecule has 0 bridgehead atoms. The average Bonchev–Trinajstić information content (AvgIpc) is 2.83. The van der Waals surface area contributed by atoms with Crippen LogP contribution in [0.3, 0.4) is 0 Å². The maximum atomic E-state index is 11.9. The van der Waals surface area contributed by atoms with Crippen LogP contribution < -0.4 is 4.72 Å². The van der Waals surface area contributed by atoms with Crippen molar-refractivity contribution < 1.29 is 8.42 Å². The van der Waals surface area contributed by atoms with Crippen molar-refractivity contribution in [3.05, 3.63) is 12.0 Å². The summed E-state index contributed by atoms with van der Waals surface area (Å²) >= 11 is 5.68. The van der Waals surface area contributed by atoms with Gasteiger partial charge in [0, 0.05) is 18.8 Å². The minimum Gasteiger partial charge on any atom is -0.332 e. The second-order valence-electron chi connectivity index (χ2n) is 4.35. The van der Waals surface area contributed by atoms with Gasteiger partial charge in [0.2, 0.25) is 0 Å². The lowest BCUT2D eigenvalue weighted by Gasteiger charge is -2.07. The minimum absolute atomic E-state index is 0.129. The van der Waals surface area contributed by atoms with E-state index in [1.54, 1.807) is 0 Å². The van der Waals surface area contributed by atoms with E-state index >= 15 is 0 Å². The third kappa shape index (κ3) is 4.59. The highest BCUT2D eigenvalue weighted by molar-refractivity contribution is 7.89. The largest absolute Gasteiger partial charge is 0.332 e. The molecule has 0 aromatic carbocycles. The molecule has 2 N–H and O–H groups in total. The van der Waals surface area contributed by atoms with Gasteiger partial charge >= 0.3 is 0 Å². The number of sulfonamides is 1. The highest BCUT2D eigenvalue weighted by Crippen LogP contribution is 2.08. The van der Waals surface area contributed by atoms with Crippen molar-refractivity contribution in [3.8, 4) is 0 Å². The van der Waals surface area contributed by atoms with Crippen molar-refractivity contribution in [2.24, 2.45) is 5.92 Å². The van der Waals surface area contributed by atoms with Crippen LogP contribution in [0.1, 0.15) is 32.5 Å². The number of aromatic nitrogens is 2. The highest BCUT2D eigenvalue weighted by Gasteiger charge is 2.16. The van der Waals surface area contributed by atoms with Crippen LogP contribution in [-0.2, 0) is 16.4 Å². The lowest BCUT2D eigenvalue weighted by Crippen LogP contribution is -2.25. The van der Waals surface area contributed by atoms with Crippen molar-refractivity contribution in [3.63, 3.8) is 0 Å². The van der Waals surface area contributed by atoms with Crippen LogP contribution in [-0.4, -0.2) is 30.8 Å². The number of rotatable bonds is 8. The Morgan fingerprint density at radius 3 is 2.83 bits per heavy atom. The molecule has 7 heteroatoms. The molecular formula is C11H20ClN3O2S. The van der Waals surface area contributed by atoms with E-state index in [4.69, 9.17) is 11.6 Å². The number of hydrogen-bond acceptors (Lipinski definition) is 3. The molecule has 0 saturated heterocycles.